The van der Waals surface area contributed by atoms with E-state index in [2.05, 4.69) is 22.2 Å². The third-order valence-corrected chi connectivity index (χ3v) is 5.03. The highest BCUT2D eigenvalue weighted by Gasteiger charge is 2.29. The first-order valence-electron chi connectivity index (χ1n) is 8.80. The maximum atomic E-state index is 12.4. The molecule has 3 rings (SSSR count). The van der Waals surface area contributed by atoms with Crippen LogP contribution in [-0.2, 0) is 14.4 Å². The third kappa shape index (κ3) is 4.34. The molecule has 0 atom stereocenters. The molecule has 0 radical (unpaired) electrons. The van der Waals surface area contributed by atoms with E-state index >= 15 is 0 Å². The van der Waals surface area contributed by atoms with E-state index < -0.39 is 0 Å². The summed E-state index contributed by atoms with van der Waals surface area (Å²) in [5.41, 5.74) is 1.59. The first-order chi connectivity index (χ1) is 12.4. The van der Waals surface area contributed by atoms with E-state index in [1.54, 1.807) is 6.07 Å². The van der Waals surface area contributed by atoms with Gasteiger partial charge in [0, 0.05) is 57.0 Å². The summed E-state index contributed by atoms with van der Waals surface area (Å²) >= 11 is 6.11. The average molecular weight is 379 g/mol. The van der Waals surface area contributed by atoms with Crippen LogP contribution < -0.4 is 10.2 Å². The maximum absolute atomic E-state index is 12.4. The van der Waals surface area contributed by atoms with E-state index in [0.29, 0.717) is 10.7 Å². The summed E-state index contributed by atoms with van der Waals surface area (Å²) in [7, 11) is 2.09. The molecule has 1 aromatic rings. The second kappa shape index (κ2) is 8.05. The van der Waals surface area contributed by atoms with E-state index in [4.69, 9.17) is 11.6 Å². The van der Waals surface area contributed by atoms with Crippen LogP contribution in [0.15, 0.2) is 18.2 Å². The van der Waals surface area contributed by atoms with Crippen molar-refractivity contribution < 1.29 is 14.4 Å². The molecule has 0 saturated carbocycles. The zero-order valence-electron chi connectivity index (χ0n) is 14.8. The molecule has 0 bridgehead atoms. The van der Waals surface area contributed by atoms with Crippen LogP contribution in [0.4, 0.5) is 11.4 Å². The minimum absolute atomic E-state index is 0.0756. The van der Waals surface area contributed by atoms with E-state index in [1.807, 2.05) is 12.1 Å². The van der Waals surface area contributed by atoms with E-state index in [1.165, 1.54) is 4.90 Å². The first-order valence-corrected chi connectivity index (χ1v) is 9.18. The summed E-state index contributed by atoms with van der Waals surface area (Å²) in [6.45, 7) is 3.77. The standard InChI is InChI=1S/C18H23ClN4O3/c1-21-8-10-22(11-9-21)15-3-2-13(19)12-14(15)20-16(24)6-7-23-17(25)4-5-18(23)26/h2-3,12H,4-11H2,1H3,(H,20,24). The molecule has 0 aliphatic carbocycles. The Morgan fingerprint density at radius 1 is 1.12 bits per heavy atom. The third-order valence-electron chi connectivity index (χ3n) is 4.79. The molecule has 140 valence electrons. The molecule has 8 heteroatoms. The molecule has 7 nitrogen and oxygen atoms in total. The number of rotatable bonds is 5. The molecule has 0 spiro atoms. The van der Waals surface area contributed by atoms with Crippen LogP contribution in [0.2, 0.25) is 5.02 Å². The lowest BCUT2D eigenvalue weighted by atomic mass is 10.2. The number of likely N-dealkylation sites (N-methyl/N-ethyl adjacent to an activating group) is 1. The summed E-state index contributed by atoms with van der Waals surface area (Å²) in [5.74, 6) is -0.650. The van der Waals surface area contributed by atoms with Gasteiger partial charge in [0.1, 0.15) is 0 Å². The number of carbonyl (C=O) groups excluding carboxylic acids is 3. The van der Waals surface area contributed by atoms with E-state index in [0.717, 1.165) is 31.9 Å². The van der Waals surface area contributed by atoms with Gasteiger partial charge in [-0.2, -0.15) is 0 Å². The highest BCUT2D eigenvalue weighted by molar-refractivity contribution is 6.31. The summed E-state index contributed by atoms with van der Waals surface area (Å²) in [5, 5.41) is 3.43. The van der Waals surface area contributed by atoms with Crippen LogP contribution in [-0.4, -0.2) is 67.3 Å². The normalized spacial score (nSPS) is 18.5. The van der Waals surface area contributed by atoms with E-state index in [-0.39, 0.29) is 43.5 Å². The van der Waals surface area contributed by atoms with Gasteiger partial charge in [-0.05, 0) is 25.2 Å². The minimum Gasteiger partial charge on any atom is -0.367 e. The zero-order chi connectivity index (χ0) is 18.7. The Hall–Kier alpha value is -2.12. The monoisotopic (exact) mass is 378 g/mol. The summed E-state index contributed by atoms with van der Waals surface area (Å²) < 4.78 is 0. The molecule has 26 heavy (non-hydrogen) atoms. The SMILES string of the molecule is CN1CCN(c2ccc(Cl)cc2NC(=O)CCN2C(=O)CCC2=O)CC1. The topological polar surface area (TPSA) is 73.0 Å². The van der Waals surface area contributed by atoms with Gasteiger partial charge in [0.2, 0.25) is 17.7 Å². The number of imide groups is 1. The predicted octanol–water partition coefficient (Wildman–Crippen LogP) is 1.57. The fourth-order valence-corrected chi connectivity index (χ4v) is 3.40. The second-order valence-electron chi connectivity index (χ2n) is 6.69. The molecular weight excluding hydrogens is 356 g/mol. The molecule has 0 aromatic heterocycles. The van der Waals surface area contributed by atoms with Crippen LogP contribution in [0, 0.1) is 0 Å². The number of halogens is 1. The Labute approximate surface area is 157 Å². The number of nitrogens with zero attached hydrogens (tertiary/aromatic N) is 3. The van der Waals surface area contributed by atoms with Crippen molar-refractivity contribution in [3.63, 3.8) is 0 Å². The molecule has 1 aromatic carbocycles. The lowest BCUT2D eigenvalue weighted by Crippen LogP contribution is -2.44. The van der Waals surface area contributed by atoms with Crippen molar-refractivity contribution in [1.29, 1.82) is 0 Å². The van der Waals surface area contributed by atoms with Gasteiger partial charge in [-0.1, -0.05) is 11.6 Å². The largest absolute Gasteiger partial charge is 0.367 e. The number of nitrogens with one attached hydrogen (secondary N) is 1. The Morgan fingerprint density at radius 3 is 2.42 bits per heavy atom. The number of benzene rings is 1. The van der Waals surface area contributed by atoms with Gasteiger partial charge in [-0.3, -0.25) is 19.3 Å². The number of carbonyl (C=O) groups is 3. The Morgan fingerprint density at radius 2 is 1.77 bits per heavy atom. The van der Waals surface area contributed by atoms with Crippen molar-refractivity contribution >= 4 is 40.7 Å². The highest BCUT2D eigenvalue weighted by Crippen LogP contribution is 2.30. The van der Waals surface area contributed by atoms with Gasteiger partial charge >= 0.3 is 0 Å². The van der Waals surface area contributed by atoms with Crippen LogP contribution in [0.5, 0.6) is 0 Å². The number of amides is 3. The second-order valence-corrected chi connectivity index (χ2v) is 7.13. The van der Waals surface area contributed by atoms with Crippen molar-refractivity contribution in [2.45, 2.75) is 19.3 Å². The number of piperazine rings is 1. The molecule has 3 amide bonds. The summed E-state index contributed by atoms with van der Waals surface area (Å²) in [6, 6.07) is 5.46. The number of likely N-dealkylation sites (tertiary alicyclic amines) is 1. The van der Waals surface area contributed by atoms with Crippen LogP contribution in [0.1, 0.15) is 19.3 Å². The summed E-state index contributed by atoms with van der Waals surface area (Å²) in [4.78, 5) is 41.3. The summed E-state index contributed by atoms with van der Waals surface area (Å²) in [6.07, 6.45) is 0.552. The van der Waals surface area contributed by atoms with Crippen molar-refractivity contribution in [2.75, 3.05) is 50.0 Å². The molecule has 2 heterocycles. The van der Waals surface area contributed by atoms with Crippen molar-refractivity contribution in [3.8, 4) is 0 Å². The molecule has 0 unspecified atom stereocenters. The Kier molecular flexibility index (Phi) is 5.78. The first kappa shape index (κ1) is 18.7. The van der Waals surface area contributed by atoms with Gasteiger partial charge in [-0.25, -0.2) is 0 Å². The van der Waals surface area contributed by atoms with Crippen molar-refractivity contribution in [3.05, 3.63) is 23.2 Å². The van der Waals surface area contributed by atoms with Crippen molar-refractivity contribution in [1.82, 2.24) is 9.80 Å². The number of hydrogen-bond acceptors (Lipinski definition) is 5. The maximum Gasteiger partial charge on any atom is 0.229 e. The molecular formula is C18H23ClN4O3. The Balaban J connectivity index is 1.64. The van der Waals surface area contributed by atoms with Crippen LogP contribution in [0.25, 0.3) is 0 Å². The van der Waals surface area contributed by atoms with Crippen LogP contribution in [0.3, 0.4) is 0 Å². The molecule has 2 aliphatic heterocycles. The fraction of sp³-hybridized carbons (Fsp3) is 0.500. The van der Waals surface area contributed by atoms with E-state index in [9.17, 15) is 14.4 Å². The van der Waals surface area contributed by atoms with Gasteiger partial charge in [0.05, 0.1) is 11.4 Å². The lowest BCUT2D eigenvalue weighted by Gasteiger charge is -2.35. The van der Waals surface area contributed by atoms with Gasteiger partial charge in [-0.15, -0.1) is 0 Å². The minimum atomic E-state index is -0.241. The van der Waals surface area contributed by atoms with Gasteiger partial charge < -0.3 is 15.1 Å². The fourth-order valence-electron chi connectivity index (χ4n) is 3.23. The lowest BCUT2D eigenvalue weighted by molar-refractivity contribution is -0.138. The average Bonchev–Trinajstić information content (AvgIpc) is 2.92. The molecule has 1 N–H and O–H groups in total. The smallest absolute Gasteiger partial charge is 0.229 e. The quantitative estimate of drug-likeness (QED) is 0.787. The van der Waals surface area contributed by atoms with Gasteiger partial charge in [0.15, 0.2) is 0 Å². The number of hydrogen-bond donors (Lipinski definition) is 1. The Bertz CT molecular complexity index is 700. The van der Waals surface area contributed by atoms with Crippen molar-refractivity contribution in [2.24, 2.45) is 0 Å². The predicted molar refractivity (Wildman–Crippen MR) is 100 cm³/mol. The molecule has 2 aliphatic rings. The highest BCUT2D eigenvalue weighted by atomic mass is 35.5. The molecule has 2 fully saturated rings. The van der Waals surface area contributed by atoms with Crippen LogP contribution >= 0.6 is 11.6 Å². The van der Waals surface area contributed by atoms with Gasteiger partial charge in [0.25, 0.3) is 0 Å². The molecule has 2 saturated heterocycles. The zero-order valence-corrected chi connectivity index (χ0v) is 15.6. The number of anilines is 2.